The molecular formula is C27H26FN7O4. The number of carbonyl (C=O) groups excluding carboxylic acids is 2. The number of primary amides is 1. The summed E-state index contributed by atoms with van der Waals surface area (Å²) >= 11 is 0. The maximum absolute atomic E-state index is 16.0. The van der Waals surface area contributed by atoms with Crippen LogP contribution in [0.5, 0.6) is 6.01 Å². The summed E-state index contributed by atoms with van der Waals surface area (Å²) in [6.07, 6.45) is 0.521. The molecule has 3 heterocycles. The van der Waals surface area contributed by atoms with Gasteiger partial charge in [-0.2, -0.15) is 0 Å². The molecule has 1 aliphatic heterocycles. The first-order valence-corrected chi connectivity index (χ1v) is 12.2. The Labute approximate surface area is 222 Å². The van der Waals surface area contributed by atoms with Crippen LogP contribution in [-0.2, 0) is 13.5 Å². The van der Waals surface area contributed by atoms with E-state index < -0.39 is 17.8 Å². The zero-order valence-electron chi connectivity index (χ0n) is 21.6. The van der Waals surface area contributed by atoms with Crippen molar-refractivity contribution in [1.29, 1.82) is 0 Å². The van der Waals surface area contributed by atoms with Crippen LogP contribution >= 0.6 is 0 Å². The van der Waals surface area contributed by atoms with Gasteiger partial charge in [-0.25, -0.2) is 28.2 Å². The molecule has 1 aliphatic rings. The number of halogens is 1. The molecule has 2 aromatic carbocycles. The van der Waals surface area contributed by atoms with Gasteiger partial charge in [0.2, 0.25) is 5.91 Å². The number of rotatable bonds is 7. The highest BCUT2D eigenvalue weighted by atomic mass is 19.1. The van der Waals surface area contributed by atoms with Crippen LogP contribution in [0.15, 0.2) is 59.4 Å². The first-order valence-electron chi connectivity index (χ1n) is 12.2. The zero-order chi connectivity index (χ0) is 27.8. The van der Waals surface area contributed by atoms with E-state index in [-0.39, 0.29) is 41.7 Å². The third-order valence-electron chi connectivity index (χ3n) is 6.58. The standard InChI is InChI=1S/C27H26FN7O4/c1-4-18-15-21(16-8-10-19(11-9-16)35-25(39-3)31-32(2)26(35)37)22(28)24(30-18)34-13-12-33(27(34)38)20-7-5-6-17(14-20)23(29)36/h5-11,14-15H,4,12-13H2,1-3H3,(H2,29,36). The summed E-state index contributed by atoms with van der Waals surface area (Å²) < 4.78 is 23.7. The number of carbonyl (C=O) groups is 2. The van der Waals surface area contributed by atoms with Gasteiger partial charge in [-0.1, -0.05) is 25.1 Å². The summed E-state index contributed by atoms with van der Waals surface area (Å²) in [5, 5.41) is 4.04. The Morgan fingerprint density at radius 1 is 1.05 bits per heavy atom. The van der Waals surface area contributed by atoms with Crippen molar-refractivity contribution in [2.45, 2.75) is 13.3 Å². The highest BCUT2D eigenvalue weighted by Crippen LogP contribution is 2.33. The van der Waals surface area contributed by atoms with Crippen molar-refractivity contribution in [2.75, 3.05) is 30.0 Å². The van der Waals surface area contributed by atoms with Crippen LogP contribution in [0.25, 0.3) is 16.8 Å². The van der Waals surface area contributed by atoms with Crippen LogP contribution in [0.1, 0.15) is 23.0 Å². The average Bonchev–Trinajstić information content (AvgIpc) is 3.47. The van der Waals surface area contributed by atoms with E-state index in [1.165, 1.54) is 34.6 Å². The number of hydrogen-bond acceptors (Lipinski definition) is 6. The lowest BCUT2D eigenvalue weighted by molar-refractivity contribution is 0.1000. The van der Waals surface area contributed by atoms with Crippen molar-refractivity contribution in [3.63, 3.8) is 0 Å². The summed E-state index contributed by atoms with van der Waals surface area (Å²) in [4.78, 5) is 44.6. The maximum atomic E-state index is 16.0. The van der Waals surface area contributed by atoms with Gasteiger partial charge in [0, 0.05) is 42.6 Å². The third-order valence-corrected chi connectivity index (χ3v) is 6.58. The van der Waals surface area contributed by atoms with Gasteiger partial charge in [0.25, 0.3) is 0 Å². The molecule has 39 heavy (non-hydrogen) atoms. The number of amides is 3. The Hall–Kier alpha value is -5.00. The molecule has 12 heteroatoms. The monoisotopic (exact) mass is 531 g/mol. The Kier molecular flexibility index (Phi) is 6.60. The minimum absolute atomic E-state index is 0.0721. The van der Waals surface area contributed by atoms with E-state index >= 15 is 4.39 Å². The highest BCUT2D eigenvalue weighted by Gasteiger charge is 2.34. The lowest BCUT2D eigenvalue weighted by atomic mass is 10.0. The number of ether oxygens (including phenoxy) is 1. The summed E-state index contributed by atoms with van der Waals surface area (Å²) in [7, 11) is 2.94. The number of aromatic nitrogens is 4. The van der Waals surface area contributed by atoms with Gasteiger partial charge < -0.3 is 10.5 Å². The van der Waals surface area contributed by atoms with E-state index in [4.69, 9.17) is 10.5 Å². The van der Waals surface area contributed by atoms with Crippen LogP contribution < -0.4 is 26.0 Å². The third kappa shape index (κ3) is 4.49. The normalized spacial score (nSPS) is 13.3. The summed E-state index contributed by atoms with van der Waals surface area (Å²) in [5.41, 5.74) is 7.69. The van der Waals surface area contributed by atoms with Crippen LogP contribution in [0.4, 0.5) is 20.7 Å². The number of anilines is 2. The predicted octanol–water partition coefficient (Wildman–Crippen LogP) is 2.89. The number of methoxy groups -OCH3 is 1. The van der Waals surface area contributed by atoms with E-state index in [2.05, 4.69) is 10.1 Å². The number of benzene rings is 2. The minimum Gasteiger partial charge on any atom is -0.467 e. The number of nitrogens with two attached hydrogens (primary N) is 1. The molecule has 0 atom stereocenters. The van der Waals surface area contributed by atoms with E-state index in [0.29, 0.717) is 29.1 Å². The number of hydrogen-bond donors (Lipinski definition) is 1. The van der Waals surface area contributed by atoms with Gasteiger partial charge in [-0.15, -0.1) is 5.10 Å². The summed E-state index contributed by atoms with van der Waals surface area (Å²) in [6, 6.07) is 14.4. The lowest BCUT2D eigenvalue weighted by Crippen LogP contribution is -2.33. The number of urea groups is 1. The molecule has 2 N–H and O–H groups in total. The smallest absolute Gasteiger partial charge is 0.353 e. The molecule has 0 saturated carbocycles. The molecule has 200 valence electrons. The second-order valence-corrected chi connectivity index (χ2v) is 8.93. The van der Waals surface area contributed by atoms with Gasteiger partial charge in [0.1, 0.15) is 0 Å². The predicted molar refractivity (Wildman–Crippen MR) is 143 cm³/mol. The van der Waals surface area contributed by atoms with Crippen molar-refractivity contribution < 1.29 is 18.7 Å². The molecule has 11 nitrogen and oxygen atoms in total. The largest absolute Gasteiger partial charge is 0.467 e. The summed E-state index contributed by atoms with van der Waals surface area (Å²) in [6.45, 7) is 2.38. The number of pyridine rings is 1. The molecule has 1 saturated heterocycles. The second kappa shape index (κ2) is 10.0. The molecule has 1 fully saturated rings. The molecule has 0 unspecified atom stereocenters. The molecule has 2 aromatic heterocycles. The van der Waals surface area contributed by atoms with E-state index in [1.807, 2.05) is 6.92 Å². The van der Waals surface area contributed by atoms with Crippen LogP contribution in [0.2, 0.25) is 0 Å². The van der Waals surface area contributed by atoms with Gasteiger partial charge in [-0.3, -0.25) is 14.6 Å². The van der Waals surface area contributed by atoms with Crippen molar-refractivity contribution in [3.05, 3.63) is 82.2 Å². The number of aryl methyl sites for hydroxylation is 2. The maximum Gasteiger partial charge on any atom is 0.353 e. The quantitative estimate of drug-likeness (QED) is 0.391. The van der Waals surface area contributed by atoms with Gasteiger partial charge in [-0.05, 0) is 48.4 Å². The van der Waals surface area contributed by atoms with Gasteiger partial charge >= 0.3 is 17.7 Å². The molecule has 0 bridgehead atoms. The SMILES string of the molecule is CCc1cc(-c2ccc(-n3c(OC)nn(C)c3=O)cc2)c(F)c(N2CCN(c3cccc(C(N)=O)c3)C2=O)n1. The highest BCUT2D eigenvalue weighted by molar-refractivity contribution is 6.06. The topological polar surface area (TPSA) is 129 Å². The Morgan fingerprint density at radius 2 is 1.77 bits per heavy atom. The van der Waals surface area contributed by atoms with Crippen molar-refractivity contribution in [2.24, 2.45) is 12.8 Å². The minimum atomic E-state index is -0.642. The summed E-state index contributed by atoms with van der Waals surface area (Å²) in [5.74, 6) is -1.32. The van der Waals surface area contributed by atoms with Crippen LogP contribution in [0, 0.1) is 5.82 Å². The van der Waals surface area contributed by atoms with Crippen LogP contribution in [-0.4, -0.2) is 51.5 Å². The first-order chi connectivity index (χ1) is 18.7. The zero-order valence-corrected chi connectivity index (χ0v) is 21.6. The Balaban J connectivity index is 1.50. The first kappa shape index (κ1) is 25.6. The molecular weight excluding hydrogens is 505 g/mol. The van der Waals surface area contributed by atoms with E-state index in [1.54, 1.807) is 48.5 Å². The van der Waals surface area contributed by atoms with Crippen molar-refractivity contribution in [3.8, 4) is 22.8 Å². The molecule has 4 aromatic rings. The van der Waals surface area contributed by atoms with E-state index in [0.717, 1.165) is 4.68 Å². The number of nitrogens with zero attached hydrogens (tertiary/aromatic N) is 6. The fraction of sp³-hybridized carbons (Fsp3) is 0.222. The molecule has 3 amide bonds. The van der Waals surface area contributed by atoms with Crippen LogP contribution in [0.3, 0.4) is 0 Å². The molecule has 0 aliphatic carbocycles. The van der Waals surface area contributed by atoms with Crippen molar-refractivity contribution in [1.82, 2.24) is 19.3 Å². The fourth-order valence-electron chi connectivity index (χ4n) is 4.52. The molecule has 0 radical (unpaired) electrons. The molecule has 0 spiro atoms. The Bertz CT molecular complexity index is 1650. The second-order valence-electron chi connectivity index (χ2n) is 8.93. The van der Waals surface area contributed by atoms with Gasteiger partial charge in [0.15, 0.2) is 11.6 Å². The lowest BCUT2D eigenvalue weighted by Gasteiger charge is -2.20. The Morgan fingerprint density at radius 3 is 2.44 bits per heavy atom. The van der Waals surface area contributed by atoms with Crippen molar-refractivity contribution >= 4 is 23.4 Å². The van der Waals surface area contributed by atoms with E-state index in [9.17, 15) is 14.4 Å². The average molecular weight is 532 g/mol. The fourth-order valence-corrected chi connectivity index (χ4v) is 4.52. The molecule has 5 rings (SSSR count). The van der Waals surface area contributed by atoms with Gasteiger partial charge in [0.05, 0.1) is 12.8 Å².